The molecule has 2 heterocycles. The molecule has 2 saturated heterocycles. The molecule has 3 rings (SSSR count). The number of likely N-dealkylation sites (tertiary alicyclic amines) is 2. The highest BCUT2D eigenvalue weighted by Crippen LogP contribution is 2.20. The van der Waals surface area contributed by atoms with Crippen LogP contribution in [0.25, 0.3) is 0 Å². The topological polar surface area (TPSA) is 115 Å². The first-order chi connectivity index (χ1) is 17.1. The van der Waals surface area contributed by atoms with E-state index in [-0.39, 0.29) is 29.8 Å². The molecule has 1 aromatic carbocycles. The van der Waals surface area contributed by atoms with Gasteiger partial charge in [-0.25, -0.2) is 4.79 Å². The number of aryl methyl sites for hydroxylation is 1. The van der Waals surface area contributed by atoms with Gasteiger partial charge in [0.15, 0.2) is 5.57 Å². The average Bonchev–Trinajstić information content (AvgIpc) is 3.28. The summed E-state index contributed by atoms with van der Waals surface area (Å²) in [6.07, 6.45) is 4.04. The summed E-state index contributed by atoms with van der Waals surface area (Å²) in [6, 6.07) is 8.74. The maximum absolute atomic E-state index is 13.5. The van der Waals surface area contributed by atoms with Crippen LogP contribution in [0.4, 0.5) is 5.69 Å². The first kappa shape index (κ1) is 27.1. The van der Waals surface area contributed by atoms with E-state index in [1.807, 2.05) is 42.2 Å². The first-order valence-corrected chi connectivity index (χ1v) is 12.6. The number of nitrogens with zero attached hydrogens (tertiary/aromatic N) is 3. The van der Waals surface area contributed by atoms with Gasteiger partial charge in [0.05, 0.1) is 6.54 Å². The number of nitrogens with one attached hydrogen (secondary N) is 2. The van der Waals surface area contributed by atoms with Gasteiger partial charge in [-0.2, -0.15) is 5.26 Å². The van der Waals surface area contributed by atoms with E-state index in [0.717, 1.165) is 44.3 Å². The van der Waals surface area contributed by atoms with Gasteiger partial charge in [0.1, 0.15) is 23.5 Å². The molecule has 1 aromatic rings. The molecule has 2 N–H and O–H groups in total. The minimum absolute atomic E-state index is 0.0402. The molecule has 2 aliphatic heterocycles. The number of hydrogen-bond donors (Lipinski definition) is 2. The highest BCUT2D eigenvalue weighted by molar-refractivity contribution is 5.95. The van der Waals surface area contributed by atoms with Crippen molar-refractivity contribution in [2.45, 2.75) is 71.4 Å². The van der Waals surface area contributed by atoms with Gasteiger partial charge in [-0.3, -0.25) is 9.59 Å². The molecule has 9 heteroatoms. The van der Waals surface area contributed by atoms with Gasteiger partial charge in [-0.1, -0.05) is 12.1 Å². The average molecular weight is 496 g/mol. The van der Waals surface area contributed by atoms with Crippen molar-refractivity contribution in [2.75, 3.05) is 31.5 Å². The number of hydrogen-bond acceptors (Lipinski definition) is 7. The minimum Gasteiger partial charge on any atom is -0.456 e. The molecule has 0 aliphatic carbocycles. The Bertz CT molecular complexity index is 1050. The van der Waals surface area contributed by atoms with E-state index in [1.54, 1.807) is 25.7 Å². The molecule has 0 radical (unpaired) electrons. The molecule has 0 bridgehead atoms. The van der Waals surface area contributed by atoms with E-state index in [4.69, 9.17) is 4.74 Å². The Hall–Kier alpha value is -3.54. The van der Waals surface area contributed by atoms with Crippen LogP contribution in [0, 0.1) is 18.3 Å². The van der Waals surface area contributed by atoms with Crippen molar-refractivity contribution in [3.8, 4) is 6.07 Å². The Kier molecular flexibility index (Phi) is 8.97. The number of ether oxygens (including phenoxy) is 1. The molecule has 2 amide bonds. The van der Waals surface area contributed by atoms with E-state index < -0.39 is 17.6 Å². The second-order valence-corrected chi connectivity index (χ2v) is 10.4. The van der Waals surface area contributed by atoms with Crippen LogP contribution in [0.3, 0.4) is 0 Å². The van der Waals surface area contributed by atoms with Gasteiger partial charge >= 0.3 is 5.97 Å². The molecule has 36 heavy (non-hydrogen) atoms. The number of carbonyl (C=O) groups excluding carboxylic acids is 3. The smallest absolute Gasteiger partial charge is 0.353 e. The molecule has 1 unspecified atom stereocenters. The lowest BCUT2D eigenvalue weighted by atomic mass is 10.1. The molecule has 0 spiro atoms. The maximum Gasteiger partial charge on any atom is 0.353 e. The number of rotatable bonds is 7. The van der Waals surface area contributed by atoms with Gasteiger partial charge in [0, 0.05) is 25.3 Å². The fraction of sp³-hybridized carbons (Fsp3) is 0.556. The Morgan fingerprint density at radius 2 is 1.83 bits per heavy atom. The van der Waals surface area contributed by atoms with Crippen molar-refractivity contribution < 1.29 is 19.1 Å². The van der Waals surface area contributed by atoms with E-state index in [9.17, 15) is 19.6 Å². The van der Waals surface area contributed by atoms with Crippen LogP contribution < -0.4 is 10.6 Å². The number of nitriles is 1. The summed E-state index contributed by atoms with van der Waals surface area (Å²) in [5.41, 5.74) is 0.616. The summed E-state index contributed by atoms with van der Waals surface area (Å²) in [5, 5.41) is 16.2. The number of carbonyl (C=O) groups is 3. The Labute approximate surface area is 213 Å². The minimum atomic E-state index is -0.793. The Morgan fingerprint density at radius 1 is 1.14 bits per heavy atom. The van der Waals surface area contributed by atoms with Gasteiger partial charge in [-0.05, 0) is 77.5 Å². The van der Waals surface area contributed by atoms with Gasteiger partial charge in [0.25, 0.3) is 0 Å². The lowest BCUT2D eigenvalue weighted by Crippen LogP contribution is -2.49. The predicted molar refractivity (Wildman–Crippen MR) is 136 cm³/mol. The van der Waals surface area contributed by atoms with Crippen molar-refractivity contribution in [2.24, 2.45) is 0 Å². The van der Waals surface area contributed by atoms with E-state index in [0.29, 0.717) is 18.7 Å². The predicted octanol–water partition coefficient (Wildman–Crippen LogP) is 3.08. The van der Waals surface area contributed by atoms with Crippen molar-refractivity contribution >= 4 is 23.5 Å². The molecule has 1 atom stereocenters. The molecule has 0 aromatic heterocycles. The standard InChI is InChI=1S/C27H37N5O4/c1-19-10-9-11-20(16-19)29-24(21(17-28)26(35)36-27(2,3)4)30-22-12-5-6-15-32(25(22)34)18-23(33)31-13-7-8-14-31/h9-11,16,22,29-30H,5-8,12-15,18H2,1-4H3/b24-21+. The van der Waals surface area contributed by atoms with E-state index in [1.165, 1.54) is 0 Å². The largest absolute Gasteiger partial charge is 0.456 e. The summed E-state index contributed by atoms with van der Waals surface area (Å²) in [6.45, 7) is 9.12. The summed E-state index contributed by atoms with van der Waals surface area (Å²) in [7, 11) is 0. The fourth-order valence-corrected chi connectivity index (χ4v) is 4.37. The van der Waals surface area contributed by atoms with Crippen LogP contribution >= 0.6 is 0 Å². The number of anilines is 1. The van der Waals surface area contributed by atoms with Crippen molar-refractivity contribution in [1.82, 2.24) is 15.1 Å². The summed E-state index contributed by atoms with van der Waals surface area (Å²) in [4.78, 5) is 42.5. The van der Waals surface area contributed by atoms with Crippen molar-refractivity contribution in [3.63, 3.8) is 0 Å². The molecule has 9 nitrogen and oxygen atoms in total. The van der Waals surface area contributed by atoms with Gasteiger partial charge < -0.3 is 25.2 Å². The second-order valence-electron chi connectivity index (χ2n) is 10.4. The molecular formula is C27H37N5O4. The summed E-state index contributed by atoms with van der Waals surface area (Å²) >= 11 is 0. The van der Waals surface area contributed by atoms with E-state index >= 15 is 0 Å². The van der Waals surface area contributed by atoms with Crippen LogP contribution in [0.15, 0.2) is 35.7 Å². The summed E-state index contributed by atoms with van der Waals surface area (Å²) < 4.78 is 5.46. The zero-order chi connectivity index (χ0) is 26.3. The Morgan fingerprint density at radius 3 is 2.47 bits per heavy atom. The zero-order valence-corrected chi connectivity index (χ0v) is 21.7. The maximum atomic E-state index is 13.5. The van der Waals surface area contributed by atoms with Crippen molar-refractivity contribution in [3.05, 3.63) is 41.2 Å². The second kappa shape index (κ2) is 11.9. The first-order valence-electron chi connectivity index (χ1n) is 12.6. The number of esters is 1. The lowest BCUT2D eigenvalue weighted by Gasteiger charge is -2.28. The third-order valence-electron chi connectivity index (χ3n) is 6.14. The number of amides is 2. The zero-order valence-electron chi connectivity index (χ0n) is 21.7. The molecule has 194 valence electrons. The SMILES string of the molecule is Cc1cccc(N/C(NC2CCCCN(CC(=O)N3CCCC3)C2=O)=C(/C#N)C(=O)OC(C)(C)C)c1. The van der Waals surface area contributed by atoms with Crippen LogP contribution in [0.5, 0.6) is 0 Å². The van der Waals surface area contributed by atoms with Crippen LogP contribution in [0.1, 0.15) is 58.4 Å². The molecule has 2 fully saturated rings. The highest BCUT2D eigenvalue weighted by atomic mass is 16.6. The number of benzene rings is 1. The quantitative estimate of drug-likeness (QED) is 0.339. The van der Waals surface area contributed by atoms with Gasteiger partial charge in [-0.15, -0.1) is 0 Å². The van der Waals surface area contributed by atoms with Crippen LogP contribution in [-0.2, 0) is 19.1 Å². The molecular weight excluding hydrogens is 458 g/mol. The summed E-state index contributed by atoms with van der Waals surface area (Å²) in [5.74, 6) is -0.926. The molecule has 2 aliphatic rings. The third kappa shape index (κ3) is 7.48. The third-order valence-corrected chi connectivity index (χ3v) is 6.14. The molecule has 0 saturated carbocycles. The van der Waals surface area contributed by atoms with Crippen LogP contribution in [-0.4, -0.2) is 65.4 Å². The normalized spacial score (nSPS) is 19.2. The van der Waals surface area contributed by atoms with Gasteiger partial charge in [0.2, 0.25) is 11.8 Å². The van der Waals surface area contributed by atoms with Crippen molar-refractivity contribution in [1.29, 1.82) is 5.26 Å². The Balaban J connectivity index is 1.87. The fourth-order valence-electron chi connectivity index (χ4n) is 4.37. The van der Waals surface area contributed by atoms with Crippen LogP contribution in [0.2, 0.25) is 0 Å². The lowest BCUT2D eigenvalue weighted by molar-refractivity contribution is -0.149. The van der Waals surface area contributed by atoms with E-state index in [2.05, 4.69) is 10.6 Å². The highest BCUT2D eigenvalue weighted by Gasteiger charge is 2.32. The monoisotopic (exact) mass is 495 g/mol.